The zero-order chi connectivity index (χ0) is 15.6. The highest BCUT2D eigenvalue weighted by Crippen LogP contribution is 2.27. The predicted octanol–water partition coefficient (Wildman–Crippen LogP) is 3.55. The lowest BCUT2D eigenvalue weighted by Crippen LogP contribution is -2.53. The molecule has 0 aromatic rings. The predicted molar refractivity (Wildman–Crippen MR) is 85.4 cm³/mol. The number of nitrogens with zero attached hydrogens (tertiary/aromatic N) is 1. The molecule has 0 bridgehead atoms. The SMILES string of the molecule is CC1CCCC1NC1CCN(C(=O)OC(C)(C)C)C(C)C1. The van der Waals surface area contributed by atoms with E-state index in [4.69, 9.17) is 4.74 Å². The van der Waals surface area contributed by atoms with Gasteiger partial charge in [-0.15, -0.1) is 0 Å². The molecule has 4 atom stereocenters. The largest absolute Gasteiger partial charge is 0.444 e. The molecule has 4 heteroatoms. The van der Waals surface area contributed by atoms with E-state index in [2.05, 4.69) is 19.2 Å². The molecule has 4 nitrogen and oxygen atoms in total. The van der Waals surface area contributed by atoms with Gasteiger partial charge in [0.05, 0.1) is 0 Å². The molecule has 21 heavy (non-hydrogen) atoms. The van der Waals surface area contributed by atoms with Gasteiger partial charge in [-0.25, -0.2) is 4.79 Å². The number of likely N-dealkylation sites (tertiary alicyclic amines) is 1. The number of carbonyl (C=O) groups excluding carboxylic acids is 1. The highest BCUT2D eigenvalue weighted by Gasteiger charge is 2.33. The normalized spacial score (nSPS) is 34.0. The fourth-order valence-electron chi connectivity index (χ4n) is 3.61. The second-order valence-electron chi connectivity index (χ2n) is 7.93. The molecule has 1 saturated heterocycles. The molecule has 1 aliphatic heterocycles. The number of amides is 1. The monoisotopic (exact) mass is 296 g/mol. The van der Waals surface area contributed by atoms with E-state index in [1.165, 1.54) is 19.3 Å². The first-order chi connectivity index (χ1) is 9.76. The topological polar surface area (TPSA) is 41.6 Å². The van der Waals surface area contributed by atoms with E-state index in [1.807, 2.05) is 25.7 Å². The van der Waals surface area contributed by atoms with Crippen molar-refractivity contribution in [1.29, 1.82) is 0 Å². The minimum atomic E-state index is -0.412. The average Bonchev–Trinajstić information content (AvgIpc) is 2.72. The van der Waals surface area contributed by atoms with Gasteiger partial charge in [0.25, 0.3) is 0 Å². The average molecular weight is 296 g/mol. The van der Waals surface area contributed by atoms with Crippen LogP contribution in [-0.4, -0.2) is 41.3 Å². The molecule has 1 amide bonds. The zero-order valence-electron chi connectivity index (χ0n) is 14.3. The van der Waals surface area contributed by atoms with Crippen LogP contribution in [0, 0.1) is 5.92 Å². The molecular weight excluding hydrogens is 264 g/mol. The van der Waals surface area contributed by atoms with Crippen LogP contribution in [0.1, 0.15) is 66.7 Å². The summed E-state index contributed by atoms with van der Waals surface area (Å²) >= 11 is 0. The fourth-order valence-corrected chi connectivity index (χ4v) is 3.61. The molecule has 0 aromatic heterocycles. The Kier molecular flexibility index (Phi) is 5.18. The Morgan fingerprint density at radius 3 is 2.43 bits per heavy atom. The molecule has 2 aliphatic rings. The van der Waals surface area contributed by atoms with Gasteiger partial charge in [-0.1, -0.05) is 13.3 Å². The summed E-state index contributed by atoms with van der Waals surface area (Å²) < 4.78 is 5.50. The van der Waals surface area contributed by atoms with Crippen molar-refractivity contribution in [2.45, 2.75) is 90.4 Å². The van der Waals surface area contributed by atoms with Gasteiger partial charge in [-0.05, 0) is 59.3 Å². The van der Waals surface area contributed by atoms with Gasteiger partial charge in [-0.2, -0.15) is 0 Å². The van der Waals surface area contributed by atoms with Crippen molar-refractivity contribution in [1.82, 2.24) is 10.2 Å². The summed E-state index contributed by atoms with van der Waals surface area (Å²) in [6.07, 6.45) is 5.91. The Labute approximate surface area is 129 Å². The van der Waals surface area contributed by atoms with Crippen LogP contribution >= 0.6 is 0 Å². The van der Waals surface area contributed by atoms with E-state index >= 15 is 0 Å². The molecule has 2 rings (SSSR count). The number of piperidine rings is 1. The van der Waals surface area contributed by atoms with E-state index in [0.717, 1.165) is 25.3 Å². The highest BCUT2D eigenvalue weighted by molar-refractivity contribution is 5.68. The van der Waals surface area contributed by atoms with Crippen LogP contribution in [0.5, 0.6) is 0 Å². The highest BCUT2D eigenvalue weighted by atomic mass is 16.6. The third-order valence-electron chi connectivity index (χ3n) is 4.82. The van der Waals surface area contributed by atoms with Crippen LogP contribution < -0.4 is 5.32 Å². The number of hydrogen-bond donors (Lipinski definition) is 1. The third kappa shape index (κ3) is 4.60. The smallest absolute Gasteiger partial charge is 0.410 e. The number of rotatable bonds is 2. The third-order valence-corrected chi connectivity index (χ3v) is 4.82. The Morgan fingerprint density at radius 1 is 1.19 bits per heavy atom. The number of nitrogens with one attached hydrogen (secondary N) is 1. The number of hydrogen-bond acceptors (Lipinski definition) is 3. The Hall–Kier alpha value is -0.770. The maximum atomic E-state index is 12.2. The van der Waals surface area contributed by atoms with E-state index in [9.17, 15) is 4.79 Å². The summed E-state index contributed by atoms with van der Waals surface area (Å²) in [6, 6.07) is 1.47. The molecule has 1 heterocycles. The van der Waals surface area contributed by atoms with Crippen LogP contribution in [0.25, 0.3) is 0 Å². The summed E-state index contributed by atoms with van der Waals surface area (Å²) in [6.45, 7) is 11.1. The van der Waals surface area contributed by atoms with Crippen LogP contribution in [0.15, 0.2) is 0 Å². The Bertz CT molecular complexity index is 364. The van der Waals surface area contributed by atoms with Crippen LogP contribution in [0.3, 0.4) is 0 Å². The first-order valence-corrected chi connectivity index (χ1v) is 8.52. The van der Waals surface area contributed by atoms with Gasteiger partial charge in [0.15, 0.2) is 0 Å². The van der Waals surface area contributed by atoms with Crippen LogP contribution in [-0.2, 0) is 4.74 Å². The van der Waals surface area contributed by atoms with Crippen molar-refractivity contribution in [2.24, 2.45) is 5.92 Å². The van der Waals surface area contributed by atoms with Gasteiger partial charge < -0.3 is 15.0 Å². The van der Waals surface area contributed by atoms with Gasteiger partial charge in [0.2, 0.25) is 0 Å². The number of ether oxygens (including phenoxy) is 1. The van der Waals surface area contributed by atoms with Gasteiger partial charge in [0.1, 0.15) is 5.60 Å². The lowest BCUT2D eigenvalue weighted by Gasteiger charge is -2.39. The molecule has 4 unspecified atom stereocenters. The molecule has 0 aromatic carbocycles. The van der Waals surface area contributed by atoms with Crippen molar-refractivity contribution in [3.8, 4) is 0 Å². The second kappa shape index (κ2) is 6.55. The summed E-state index contributed by atoms with van der Waals surface area (Å²) in [5.41, 5.74) is -0.412. The molecule has 1 saturated carbocycles. The van der Waals surface area contributed by atoms with E-state index in [-0.39, 0.29) is 12.1 Å². The van der Waals surface area contributed by atoms with Gasteiger partial charge in [0, 0.05) is 24.7 Å². The van der Waals surface area contributed by atoms with Crippen LogP contribution in [0.4, 0.5) is 4.79 Å². The molecular formula is C17H32N2O2. The maximum Gasteiger partial charge on any atom is 0.410 e. The summed E-state index contributed by atoms with van der Waals surface area (Å²) in [5, 5.41) is 3.83. The molecule has 122 valence electrons. The zero-order valence-corrected chi connectivity index (χ0v) is 14.3. The van der Waals surface area contributed by atoms with E-state index < -0.39 is 5.60 Å². The summed E-state index contributed by atoms with van der Waals surface area (Å²) in [5.74, 6) is 0.796. The van der Waals surface area contributed by atoms with Crippen molar-refractivity contribution < 1.29 is 9.53 Å². The fraction of sp³-hybridized carbons (Fsp3) is 0.941. The molecule has 2 fully saturated rings. The number of carbonyl (C=O) groups is 1. The quantitative estimate of drug-likeness (QED) is 0.847. The minimum absolute atomic E-state index is 0.164. The first-order valence-electron chi connectivity index (χ1n) is 8.52. The summed E-state index contributed by atoms with van der Waals surface area (Å²) in [7, 11) is 0. The maximum absolute atomic E-state index is 12.2. The van der Waals surface area contributed by atoms with Gasteiger partial charge in [-0.3, -0.25) is 0 Å². The first kappa shape index (κ1) is 16.6. The minimum Gasteiger partial charge on any atom is -0.444 e. The van der Waals surface area contributed by atoms with Crippen molar-refractivity contribution in [2.75, 3.05) is 6.54 Å². The summed E-state index contributed by atoms with van der Waals surface area (Å²) in [4.78, 5) is 14.1. The molecule has 1 N–H and O–H groups in total. The van der Waals surface area contributed by atoms with Crippen molar-refractivity contribution in [3.05, 3.63) is 0 Å². The van der Waals surface area contributed by atoms with E-state index in [1.54, 1.807) is 0 Å². The van der Waals surface area contributed by atoms with Gasteiger partial charge >= 0.3 is 6.09 Å². The van der Waals surface area contributed by atoms with Crippen molar-refractivity contribution >= 4 is 6.09 Å². The van der Waals surface area contributed by atoms with E-state index in [0.29, 0.717) is 12.1 Å². The molecule has 1 aliphatic carbocycles. The Morgan fingerprint density at radius 2 is 1.90 bits per heavy atom. The Balaban J connectivity index is 1.83. The molecule has 0 spiro atoms. The molecule has 0 radical (unpaired) electrons. The van der Waals surface area contributed by atoms with Crippen LogP contribution in [0.2, 0.25) is 0 Å². The standard InChI is InChI=1S/C17H32N2O2/c1-12-7-6-8-15(12)18-14-9-10-19(13(2)11-14)16(20)21-17(3,4)5/h12-15,18H,6-11H2,1-5H3. The lowest BCUT2D eigenvalue weighted by molar-refractivity contribution is 0.00883. The lowest BCUT2D eigenvalue weighted by atomic mass is 9.96. The van der Waals surface area contributed by atoms with Crippen molar-refractivity contribution in [3.63, 3.8) is 0 Å². The second-order valence-corrected chi connectivity index (χ2v) is 7.93.